The molecule has 0 fully saturated rings. The molecule has 0 aliphatic carbocycles. The minimum atomic E-state index is -0.596. The Bertz CT molecular complexity index is 1220. The number of nitrogens with two attached hydrogens (primary N) is 1. The molecule has 0 spiro atoms. The second-order valence-corrected chi connectivity index (χ2v) is 7.60. The normalized spacial score (nSPS) is 13.6. The second kappa shape index (κ2) is 8.11. The van der Waals surface area contributed by atoms with Gasteiger partial charge in [0, 0.05) is 10.9 Å². The molecule has 4 N–H and O–H groups in total. The Kier molecular flexibility index (Phi) is 5.35. The van der Waals surface area contributed by atoms with Crippen LogP contribution in [0.1, 0.15) is 15.4 Å². The first-order chi connectivity index (χ1) is 14.9. The fourth-order valence-electron chi connectivity index (χ4n) is 3.44. The molecule has 1 aromatic heterocycles. The highest BCUT2D eigenvalue weighted by Crippen LogP contribution is 2.37. The number of nitrogens with zero attached hydrogens (tertiary/aromatic N) is 2. The van der Waals surface area contributed by atoms with Gasteiger partial charge in [-0.2, -0.15) is 0 Å². The van der Waals surface area contributed by atoms with Crippen LogP contribution in [0.15, 0.2) is 53.6 Å². The van der Waals surface area contributed by atoms with E-state index < -0.39 is 5.91 Å². The number of amidine groups is 1. The highest BCUT2D eigenvalue weighted by Gasteiger charge is 2.32. The van der Waals surface area contributed by atoms with Crippen LogP contribution in [0.3, 0.4) is 0 Å². The van der Waals surface area contributed by atoms with Crippen LogP contribution in [-0.4, -0.2) is 42.6 Å². The number of hydrogen-bond acceptors (Lipinski definition) is 7. The zero-order valence-electron chi connectivity index (χ0n) is 16.9. The van der Waals surface area contributed by atoms with E-state index in [-0.39, 0.29) is 23.7 Å². The van der Waals surface area contributed by atoms with Crippen molar-refractivity contribution in [1.82, 2.24) is 4.98 Å². The third kappa shape index (κ3) is 3.59. The predicted molar refractivity (Wildman–Crippen MR) is 120 cm³/mol. The number of aliphatic hydroxyl groups excluding tert-OH is 1. The van der Waals surface area contributed by atoms with Gasteiger partial charge in [-0.15, -0.1) is 11.3 Å². The van der Waals surface area contributed by atoms with Crippen LogP contribution in [-0.2, 0) is 0 Å². The van der Waals surface area contributed by atoms with Gasteiger partial charge in [-0.1, -0.05) is 12.1 Å². The molecule has 2 aromatic carbocycles. The van der Waals surface area contributed by atoms with Gasteiger partial charge in [-0.3, -0.25) is 10.2 Å². The lowest BCUT2D eigenvalue weighted by atomic mass is 10.1. The van der Waals surface area contributed by atoms with Gasteiger partial charge in [0.2, 0.25) is 0 Å². The largest absolute Gasteiger partial charge is 0.510 e. The molecule has 0 unspecified atom stereocenters. The molecule has 0 radical (unpaired) electrons. The number of amides is 1. The molecule has 1 aliphatic rings. The zero-order valence-corrected chi connectivity index (χ0v) is 17.7. The molecule has 3 aromatic rings. The monoisotopic (exact) mass is 436 g/mol. The van der Waals surface area contributed by atoms with E-state index in [0.717, 1.165) is 5.56 Å². The number of rotatable bonds is 6. The number of primary amides is 1. The minimum Gasteiger partial charge on any atom is -0.510 e. The molecule has 2 heterocycles. The molecule has 0 atom stereocenters. The summed E-state index contributed by atoms with van der Waals surface area (Å²) in [6, 6.07) is 12.2. The first-order valence-electron chi connectivity index (χ1n) is 9.30. The van der Waals surface area contributed by atoms with E-state index >= 15 is 0 Å². The number of benzene rings is 2. The summed E-state index contributed by atoms with van der Waals surface area (Å²) >= 11 is 1.32. The Balaban J connectivity index is 1.66. The summed E-state index contributed by atoms with van der Waals surface area (Å²) in [4.78, 5) is 18.0. The maximum absolute atomic E-state index is 11.8. The van der Waals surface area contributed by atoms with Crippen molar-refractivity contribution < 1.29 is 19.4 Å². The number of methoxy groups -OCH3 is 2. The summed E-state index contributed by atoms with van der Waals surface area (Å²) in [6.45, 7) is 0.0593. The predicted octanol–water partition coefficient (Wildman–Crippen LogP) is 3.69. The summed E-state index contributed by atoms with van der Waals surface area (Å²) in [6.07, 6.45) is 0. The summed E-state index contributed by atoms with van der Waals surface area (Å²) in [5.74, 6) is 0.668. The molecule has 1 amide bonds. The molecule has 1 aliphatic heterocycles. The highest BCUT2D eigenvalue weighted by atomic mass is 32.1. The van der Waals surface area contributed by atoms with E-state index in [1.165, 1.54) is 11.3 Å². The molecular weight excluding hydrogens is 416 g/mol. The molecule has 158 valence electrons. The van der Waals surface area contributed by atoms with Crippen LogP contribution in [0.5, 0.6) is 11.5 Å². The van der Waals surface area contributed by atoms with Gasteiger partial charge in [0.1, 0.15) is 16.6 Å². The maximum Gasteiger partial charge on any atom is 0.250 e. The Morgan fingerprint density at radius 3 is 2.65 bits per heavy atom. The van der Waals surface area contributed by atoms with Gasteiger partial charge >= 0.3 is 0 Å². The Morgan fingerprint density at radius 2 is 1.94 bits per heavy atom. The molecule has 0 saturated heterocycles. The summed E-state index contributed by atoms with van der Waals surface area (Å²) in [5, 5.41) is 21.6. The Labute approximate surface area is 182 Å². The van der Waals surface area contributed by atoms with Crippen LogP contribution in [0.25, 0.3) is 16.8 Å². The van der Waals surface area contributed by atoms with E-state index in [2.05, 4.69) is 4.98 Å². The highest BCUT2D eigenvalue weighted by molar-refractivity contribution is 7.11. The fourth-order valence-corrected chi connectivity index (χ4v) is 4.34. The van der Waals surface area contributed by atoms with Gasteiger partial charge in [-0.25, -0.2) is 4.98 Å². The van der Waals surface area contributed by atoms with Crippen LogP contribution < -0.4 is 20.1 Å². The zero-order chi connectivity index (χ0) is 22.1. The number of nitrogens with one attached hydrogen (secondary N) is 1. The molecule has 31 heavy (non-hydrogen) atoms. The van der Waals surface area contributed by atoms with E-state index in [9.17, 15) is 9.90 Å². The molecular formula is C22H20N4O4S. The fraction of sp³-hybridized carbons (Fsp3) is 0.136. The number of aliphatic hydroxyl groups is 1. The first kappa shape index (κ1) is 20.4. The van der Waals surface area contributed by atoms with Crippen molar-refractivity contribution in [2.24, 2.45) is 5.73 Å². The summed E-state index contributed by atoms with van der Waals surface area (Å²) < 4.78 is 10.6. The number of anilines is 1. The molecule has 4 rings (SSSR count). The molecule has 8 nitrogen and oxygen atoms in total. The maximum atomic E-state index is 11.8. The standard InChI is InChI=1S/C22H20N4O4S/c1-29-17-8-7-12(9-18(17)30-2)14-11-31-22(25-14)19-16(27)10-26(20(19)23)15-6-4-3-5-13(15)21(24)28/h3-9,11,23,27H,10H2,1-2H3,(H2,24,28). The third-order valence-electron chi connectivity index (χ3n) is 4.96. The van der Waals surface area contributed by atoms with Gasteiger partial charge < -0.3 is 25.2 Å². The van der Waals surface area contributed by atoms with Gasteiger partial charge in [-0.05, 0) is 30.3 Å². The SMILES string of the molecule is COc1ccc(-c2csc(C3=C(O)CN(c4ccccc4C(N)=O)C3=N)n2)cc1OC. The van der Waals surface area contributed by atoms with Crippen molar-refractivity contribution in [2.75, 3.05) is 25.7 Å². The van der Waals surface area contributed by atoms with Crippen molar-refractivity contribution in [1.29, 1.82) is 5.41 Å². The quantitative estimate of drug-likeness (QED) is 0.542. The first-order valence-corrected chi connectivity index (χ1v) is 10.2. The lowest BCUT2D eigenvalue weighted by molar-refractivity contribution is 0.100. The number of para-hydroxylation sites is 1. The van der Waals surface area contributed by atoms with Crippen LogP contribution in [0.2, 0.25) is 0 Å². The van der Waals surface area contributed by atoms with Crippen LogP contribution >= 0.6 is 11.3 Å². The van der Waals surface area contributed by atoms with Crippen molar-refractivity contribution >= 4 is 34.3 Å². The Hall–Kier alpha value is -3.85. The number of carbonyl (C=O) groups excluding carboxylic acids is 1. The van der Waals surface area contributed by atoms with E-state index in [0.29, 0.717) is 33.5 Å². The number of ether oxygens (including phenoxy) is 2. The number of carbonyl (C=O) groups is 1. The summed E-state index contributed by atoms with van der Waals surface area (Å²) in [7, 11) is 3.14. The van der Waals surface area contributed by atoms with E-state index in [1.807, 2.05) is 17.5 Å². The van der Waals surface area contributed by atoms with Gasteiger partial charge in [0.15, 0.2) is 11.5 Å². The average molecular weight is 436 g/mol. The minimum absolute atomic E-state index is 0.0116. The van der Waals surface area contributed by atoms with Crippen molar-refractivity contribution in [3.05, 3.63) is 64.2 Å². The number of thiazole rings is 1. The third-order valence-corrected chi connectivity index (χ3v) is 5.82. The van der Waals surface area contributed by atoms with Crippen molar-refractivity contribution in [3.63, 3.8) is 0 Å². The smallest absolute Gasteiger partial charge is 0.250 e. The number of hydrogen-bond donors (Lipinski definition) is 3. The van der Waals surface area contributed by atoms with Gasteiger partial charge in [0.05, 0.1) is 43.3 Å². The van der Waals surface area contributed by atoms with Crippen LogP contribution in [0, 0.1) is 5.41 Å². The second-order valence-electron chi connectivity index (χ2n) is 6.75. The lowest BCUT2D eigenvalue weighted by Gasteiger charge is -2.20. The van der Waals surface area contributed by atoms with Crippen LogP contribution in [0.4, 0.5) is 5.69 Å². The summed E-state index contributed by atoms with van der Waals surface area (Å²) in [5.41, 5.74) is 8.07. The van der Waals surface area contributed by atoms with E-state index in [4.69, 9.17) is 20.6 Å². The molecule has 0 saturated carbocycles. The molecule has 9 heteroatoms. The molecule has 0 bridgehead atoms. The van der Waals surface area contributed by atoms with Crippen molar-refractivity contribution in [2.45, 2.75) is 0 Å². The van der Waals surface area contributed by atoms with Gasteiger partial charge in [0.25, 0.3) is 5.91 Å². The van der Waals surface area contributed by atoms with E-state index in [1.54, 1.807) is 49.5 Å². The average Bonchev–Trinajstić information content (AvgIpc) is 3.37. The van der Waals surface area contributed by atoms with Crippen molar-refractivity contribution in [3.8, 4) is 22.8 Å². The Morgan fingerprint density at radius 1 is 1.19 bits per heavy atom. The lowest BCUT2D eigenvalue weighted by Crippen LogP contribution is -2.29. The number of aromatic nitrogens is 1. The topological polar surface area (TPSA) is 122 Å².